The number of nitrogens with zero attached hydrogens (tertiary/aromatic N) is 1. The number of rotatable bonds is 3. The maximum absolute atomic E-state index is 13.4. The van der Waals surface area contributed by atoms with Gasteiger partial charge in [0.25, 0.3) is 5.91 Å². The van der Waals surface area contributed by atoms with E-state index in [0.717, 1.165) is 17.3 Å². The highest BCUT2D eigenvalue weighted by molar-refractivity contribution is 6.06. The number of hydrogen-bond donors (Lipinski definition) is 2. The third kappa shape index (κ3) is 3.35. The molecule has 0 fully saturated rings. The number of fused-ring (bicyclic) bond motifs is 1. The molecule has 0 spiro atoms. The second-order valence-corrected chi connectivity index (χ2v) is 6.10. The number of hydrogen-bond acceptors (Lipinski definition) is 4. The Bertz CT molecular complexity index is 1230. The lowest BCUT2D eigenvalue weighted by atomic mass is 10.0. The van der Waals surface area contributed by atoms with Crippen LogP contribution in [0.15, 0.2) is 64.1 Å². The fourth-order valence-corrected chi connectivity index (χ4v) is 2.79. The molecule has 4 rings (SSSR count). The van der Waals surface area contributed by atoms with Gasteiger partial charge in [0, 0.05) is 23.0 Å². The molecule has 1 amide bonds. The minimum atomic E-state index is -0.574. The zero-order valence-electron chi connectivity index (χ0n) is 14.2. The number of nitrogens with one attached hydrogen (secondary N) is 2. The average Bonchev–Trinajstić information content (AvgIpc) is 3.02. The molecule has 0 radical (unpaired) electrons. The van der Waals surface area contributed by atoms with Crippen molar-refractivity contribution in [3.05, 3.63) is 82.4 Å². The number of aryl methyl sites for hydroxylation is 1. The summed E-state index contributed by atoms with van der Waals surface area (Å²) in [6.45, 7) is 1.86. The molecule has 0 unspecified atom stereocenters. The van der Waals surface area contributed by atoms with E-state index in [9.17, 15) is 14.0 Å². The minimum Gasteiger partial charge on any atom is -0.408 e. The fourth-order valence-electron chi connectivity index (χ4n) is 2.79. The van der Waals surface area contributed by atoms with Crippen LogP contribution in [0.4, 0.5) is 10.1 Å². The van der Waals surface area contributed by atoms with Crippen LogP contribution in [0.3, 0.4) is 0 Å². The van der Waals surface area contributed by atoms with Gasteiger partial charge in [0.2, 0.25) is 0 Å². The van der Waals surface area contributed by atoms with Crippen molar-refractivity contribution in [1.82, 2.24) is 9.97 Å². The Morgan fingerprint density at radius 2 is 1.96 bits per heavy atom. The van der Waals surface area contributed by atoms with E-state index >= 15 is 0 Å². The SMILES string of the molecule is Cc1ccc(-c2cncc(F)c2)cc1NC(=O)c1ccc2[nH]c(=O)oc2c1. The first-order valence-corrected chi connectivity index (χ1v) is 8.15. The molecule has 0 aliphatic carbocycles. The summed E-state index contributed by atoms with van der Waals surface area (Å²) in [6.07, 6.45) is 2.69. The van der Waals surface area contributed by atoms with Gasteiger partial charge in [-0.3, -0.25) is 14.8 Å². The van der Waals surface area contributed by atoms with E-state index < -0.39 is 11.6 Å². The molecular weight excluding hydrogens is 349 g/mol. The highest BCUT2D eigenvalue weighted by Gasteiger charge is 2.12. The molecule has 0 aliphatic rings. The van der Waals surface area contributed by atoms with Gasteiger partial charge in [-0.05, 0) is 48.4 Å². The molecule has 6 nitrogen and oxygen atoms in total. The largest absolute Gasteiger partial charge is 0.417 e. The maximum atomic E-state index is 13.4. The summed E-state index contributed by atoms with van der Waals surface area (Å²) in [6, 6.07) is 11.5. The van der Waals surface area contributed by atoms with Gasteiger partial charge < -0.3 is 9.73 Å². The number of oxazole rings is 1. The summed E-state index contributed by atoms with van der Waals surface area (Å²) in [7, 11) is 0. The van der Waals surface area contributed by atoms with Gasteiger partial charge in [0.05, 0.1) is 11.7 Å². The summed E-state index contributed by atoms with van der Waals surface area (Å²) in [5.41, 5.74) is 3.97. The Balaban J connectivity index is 1.65. The second kappa shape index (κ2) is 6.53. The van der Waals surface area contributed by atoms with E-state index in [2.05, 4.69) is 15.3 Å². The van der Waals surface area contributed by atoms with Crippen molar-refractivity contribution >= 4 is 22.7 Å². The first kappa shape index (κ1) is 16.7. The first-order chi connectivity index (χ1) is 13.0. The molecule has 0 bridgehead atoms. The Morgan fingerprint density at radius 1 is 1.11 bits per heavy atom. The predicted molar refractivity (Wildman–Crippen MR) is 99.2 cm³/mol. The molecule has 0 saturated heterocycles. The van der Waals surface area contributed by atoms with Crippen LogP contribution in [0, 0.1) is 12.7 Å². The smallest absolute Gasteiger partial charge is 0.408 e. The molecule has 2 heterocycles. The number of aromatic amines is 1. The highest BCUT2D eigenvalue weighted by Crippen LogP contribution is 2.26. The Hall–Kier alpha value is -3.74. The van der Waals surface area contributed by atoms with Crippen molar-refractivity contribution in [3.8, 4) is 11.1 Å². The van der Waals surface area contributed by atoms with Crippen LogP contribution < -0.4 is 11.1 Å². The lowest BCUT2D eigenvalue weighted by Gasteiger charge is -2.11. The molecule has 27 heavy (non-hydrogen) atoms. The highest BCUT2D eigenvalue weighted by atomic mass is 19.1. The van der Waals surface area contributed by atoms with Crippen molar-refractivity contribution in [2.45, 2.75) is 6.92 Å². The van der Waals surface area contributed by atoms with Gasteiger partial charge in [-0.25, -0.2) is 9.18 Å². The van der Waals surface area contributed by atoms with Crippen LogP contribution in [0.2, 0.25) is 0 Å². The van der Waals surface area contributed by atoms with Crippen LogP contribution in [-0.2, 0) is 0 Å². The zero-order chi connectivity index (χ0) is 19.0. The fraction of sp³-hybridized carbons (Fsp3) is 0.0500. The number of carbonyl (C=O) groups excluding carboxylic acids is 1. The Labute approximate surface area is 152 Å². The van der Waals surface area contributed by atoms with Crippen molar-refractivity contribution in [2.24, 2.45) is 0 Å². The normalized spacial score (nSPS) is 10.9. The molecule has 0 atom stereocenters. The molecule has 2 aromatic heterocycles. The molecule has 2 N–H and O–H groups in total. The number of halogens is 1. The number of aromatic nitrogens is 2. The summed E-state index contributed by atoms with van der Waals surface area (Å²) in [5.74, 6) is -1.35. The van der Waals surface area contributed by atoms with Gasteiger partial charge in [0.1, 0.15) is 5.82 Å². The lowest BCUT2D eigenvalue weighted by molar-refractivity contribution is 0.102. The average molecular weight is 363 g/mol. The van der Waals surface area contributed by atoms with E-state index in [4.69, 9.17) is 4.42 Å². The van der Waals surface area contributed by atoms with Crippen molar-refractivity contribution in [2.75, 3.05) is 5.32 Å². The van der Waals surface area contributed by atoms with Crippen LogP contribution in [0.1, 0.15) is 15.9 Å². The van der Waals surface area contributed by atoms with Crippen molar-refractivity contribution in [1.29, 1.82) is 0 Å². The summed E-state index contributed by atoms with van der Waals surface area (Å²) >= 11 is 0. The van der Waals surface area contributed by atoms with Gasteiger partial charge in [-0.2, -0.15) is 0 Å². The Morgan fingerprint density at radius 3 is 2.78 bits per heavy atom. The summed E-state index contributed by atoms with van der Waals surface area (Å²) in [4.78, 5) is 30.2. The van der Waals surface area contributed by atoms with E-state index in [1.165, 1.54) is 12.1 Å². The monoisotopic (exact) mass is 363 g/mol. The predicted octanol–water partition coefficient (Wildman–Crippen LogP) is 3.88. The zero-order valence-corrected chi connectivity index (χ0v) is 14.2. The van der Waals surface area contributed by atoms with Crippen LogP contribution in [0.25, 0.3) is 22.2 Å². The lowest BCUT2D eigenvalue weighted by Crippen LogP contribution is -2.12. The number of pyridine rings is 1. The first-order valence-electron chi connectivity index (χ1n) is 8.15. The second-order valence-electron chi connectivity index (χ2n) is 6.10. The van der Waals surface area contributed by atoms with Crippen LogP contribution >= 0.6 is 0 Å². The topological polar surface area (TPSA) is 88.0 Å². The number of anilines is 1. The van der Waals surface area contributed by atoms with Crippen LogP contribution in [0.5, 0.6) is 0 Å². The number of carbonyl (C=O) groups is 1. The van der Waals surface area contributed by atoms with Gasteiger partial charge in [-0.1, -0.05) is 12.1 Å². The summed E-state index contributed by atoms with van der Waals surface area (Å²) in [5, 5.41) is 2.84. The number of amides is 1. The quantitative estimate of drug-likeness (QED) is 0.578. The van der Waals surface area contributed by atoms with Gasteiger partial charge in [-0.15, -0.1) is 0 Å². The molecule has 7 heteroatoms. The van der Waals surface area contributed by atoms with Crippen molar-refractivity contribution in [3.63, 3.8) is 0 Å². The van der Waals surface area contributed by atoms with Crippen LogP contribution in [-0.4, -0.2) is 15.9 Å². The minimum absolute atomic E-state index is 0.309. The third-order valence-corrected chi connectivity index (χ3v) is 4.21. The Kier molecular flexibility index (Phi) is 4.04. The van der Waals surface area contributed by atoms with Crippen molar-refractivity contribution < 1.29 is 13.6 Å². The molecule has 134 valence electrons. The van der Waals surface area contributed by atoms with E-state index in [1.807, 2.05) is 19.1 Å². The summed E-state index contributed by atoms with van der Waals surface area (Å²) < 4.78 is 18.4. The van der Waals surface area contributed by atoms with E-state index in [1.54, 1.807) is 24.4 Å². The number of benzene rings is 2. The molecule has 2 aromatic carbocycles. The third-order valence-electron chi connectivity index (χ3n) is 4.21. The molecular formula is C20H14FN3O3. The maximum Gasteiger partial charge on any atom is 0.417 e. The standard InChI is InChI=1S/C20H14FN3O3/c1-11-2-3-12(14-6-15(21)10-22-9-14)7-17(11)23-19(25)13-4-5-16-18(8-13)27-20(26)24-16/h2-10H,1H3,(H,23,25)(H,24,26). The molecule has 0 aliphatic heterocycles. The van der Waals surface area contributed by atoms with E-state index in [-0.39, 0.29) is 5.91 Å². The van der Waals surface area contributed by atoms with Gasteiger partial charge >= 0.3 is 5.76 Å². The molecule has 4 aromatic rings. The number of H-pyrrole nitrogens is 1. The molecule has 0 saturated carbocycles. The van der Waals surface area contributed by atoms with E-state index in [0.29, 0.717) is 27.9 Å². The van der Waals surface area contributed by atoms with Gasteiger partial charge in [0.15, 0.2) is 5.58 Å².